The molecule has 0 aromatic heterocycles. The molecule has 0 radical (unpaired) electrons. The molecule has 96 valence electrons. The van der Waals surface area contributed by atoms with E-state index < -0.39 is 0 Å². The fourth-order valence-electron chi connectivity index (χ4n) is 1.91. The summed E-state index contributed by atoms with van der Waals surface area (Å²) in [5.74, 6) is 1.48. The summed E-state index contributed by atoms with van der Waals surface area (Å²) in [7, 11) is 0. The molecular weight excluding hydrogens is 232 g/mol. The smallest absolute Gasteiger partial charge is 0.227 e. The Morgan fingerprint density at radius 2 is 1.89 bits per heavy atom. The Kier molecular flexibility index (Phi) is 2.74. The van der Waals surface area contributed by atoms with Crippen molar-refractivity contribution < 1.29 is 14.3 Å². The molecule has 1 heterocycles. The Hall–Kier alpha value is -1.91. The van der Waals surface area contributed by atoms with Gasteiger partial charge in [-0.3, -0.25) is 4.79 Å². The lowest BCUT2D eigenvalue weighted by molar-refractivity contribution is -0.117. The van der Waals surface area contributed by atoms with E-state index in [1.807, 2.05) is 0 Å². The van der Waals surface area contributed by atoms with Crippen LogP contribution in [0.5, 0.6) is 11.5 Å². The molecule has 1 aromatic carbocycles. The molecule has 1 saturated carbocycles. The number of amides is 1. The molecule has 18 heavy (non-hydrogen) atoms. The standard InChI is InChI=1S/C13H16N2O3/c14-9-6-11-12(18-5-1-4-17-11)7-10(9)15-13(16)8-2-3-8/h6-8H,1-5,14H2,(H,15,16). The van der Waals surface area contributed by atoms with Gasteiger partial charge in [-0.25, -0.2) is 0 Å². The molecule has 1 aromatic rings. The number of hydrogen-bond acceptors (Lipinski definition) is 4. The summed E-state index contributed by atoms with van der Waals surface area (Å²) >= 11 is 0. The minimum Gasteiger partial charge on any atom is -0.489 e. The maximum absolute atomic E-state index is 11.7. The van der Waals surface area contributed by atoms with Crippen LogP contribution in [0.15, 0.2) is 12.1 Å². The zero-order valence-electron chi connectivity index (χ0n) is 10.1. The summed E-state index contributed by atoms with van der Waals surface area (Å²) in [5.41, 5.74) is 7.03. The predicted molar refractivity (Wildman–Crippen MR) is 67.8 cm³/mol. The number of nitrogens with one attached hydrogen (secondary N) is 1. The molecule has 1 aliphatic carbocycles. The monoisotopic (exact) mass is 248 g/mol. The normalized spacial score (nSPS) is 18.0. The van der Waals surface area contributed by atoms with Gasteiger partial charge in [0.1, 0.15) is 0 Å². The van der Waals surface area contributed by atoms with Crippen LogP contribution in [-0.2, 0) is 4.79 Å². The van der Waals surface area contributed by atoms with Gasteiger partial charge in [0.25, 0.3) is 0 Å². The van der Waals surface area contributed by atoms with Crippen LogP contribution < -0.4 is 20.5 Å². The number of rotatable bonds is 2. The second-order valence-electron chi connectivity index (χ2n) is 4.70. The lowest BCUT2D eigenvalue weighted by Crippen LogP contribution is -2.14. The molecule has 0 spiro atoms. The summed E-state index contributed by atoms with van der Waals surface area (Å²) in [4.78, 5) is 11.7. The molecule has 0 atom stereocenters. The molecule has 1 aliphatic heterocycles. The molecule has 0 bridgehead atoms. The lowest BCUT2D eigenvalue weighted by atomic mass is 10.2. The Labute approximate surface area is 105 Å². The number of anilines is 2. The van der Waals surface area contributed by atoms with Crippen LogP contribution in [0, 0.1) is 5.92 Å². The first-order chi connectivity index (χ1) is 8.74. The second-order valence-corrected chi connectivity index (χ2v) is 4.70. The third kappa shape index (κ3) is 2.20. The number of benzene rings is 1. The van der Waals surface area contributed by atoms with Crippen LogP contribution in [0.2, 0.25) is 0 Å². The molecule has 1 fully saturated rings. The van der Waals surface area contributed by atoms with Gasteiger partial charge in [-0.15, -0.1) is 0 Å². The van der Waals surface area contributed by atoms with Gasteiger partial charge in [0.2, 0.25) is 5.91 Å². The SMILES string of the molecule is Nc1cc2c(cc1NC(=O)C1CC1)OCCCO2. The minimum atomic E-state index is 0.0381. The van der Waals surface area contributed by atoms with Gasteiger partial charge in [0.15, 0.2) is 11.5 Å². The highest BCUT2D eigenvalue weighted by Crippen LogP contribution is 2.38. The highest BCUT2D eigenvalue weighted by atomic mass is 16.5. The van der Waals surface area contributed by atoms with E-state index in [2.05, 4.69) is 5.32 Å². The van der Waals surface area contributed by atoms with Gasteiger partial charge in [-0.1, -0.05) is 0 Å². The Morgan fingerprint density at radius 3 is 2.56 bits per heavy atom. The first kappa shape index (κ1) is 11.2. The van der Waals surface area contributed by atoms with E-state index in [4.69, 9.17) is 15.2 Å². The summed E-state index contributed by atoms with van der Waals surface area (Å²) in [6.07, 6.45) is 2.78. The van der Waals surface area contributed by atoms with Gasteiger partial charge in [0, 0.05) is 24.5 Å². The van der Waals surface area contributed by atoms with E-state index in [1.165, 1.54) is 0 Å². The molecule has 2 aliphatic rings. The second kappa shape index (κ2) is 4.40. The number of fused-ring (bicyclic) bond motifs is 1. The molecule has 3 rings (SSSR count). The molecule has 3 N–H and O–H groups in total. The van der Waals surface area contributed by atoms with Crippen LogP contribution in [0.3, 0.4) is 0 Å². The largest absolute Gasteiger partial charge is 0.489 e. The fraction of sp³-hybridized carbons (Fsp3) is 0.462. The molecule has 5 nitrogen and oxygen atoms in total. The van der Waals surface area contributed by atoms with Crippen molar-refractivity contribution in [1.82, 2.24) is 0 Å². The maximum atomic E-state index is 11.7. The van der Waals surface area contributed by atoms with E-state index in [0.29, 0.717) is 36.1 Å². The zero-order chi connectivity index (χ0) is 12.5. The first-order valence-corrected chi connectivity index (χ1v) is 6.24. The van der Waals surface area contributed by atoms with Crippen LogP contribution in [0.4, 0.5) is 11.4 Å². The Balaban J connectivity index is 1.85. The third-order valence-corrected chi connectivity index (χ3v) is 3.13. The molecular formula is C13H16N2O3. The van der Waals surface area contributed by atoms with E-state index in [1.54, 1.807) is 12.1 Å². The van der Waals surface area contributed by atoms with Crippen molar-refractivity contribution in [1.29, 1.82) is 0 Å². The van der Waals surface area contributed by atoms with Gasteiger partial charge in [-0.2, -0.15) is 0 Å². The van der Waals surface area contributed by atoms with Crippen molar-refractivity contribution in [3.8, 4) is 11.5 Å². The molecule has 1 amide bonds. The lowest BCUT2D eigenvalue weighted by Gasteiger charge is -2.13. The number of nitrogens with two attached hydrogens (primary N) is 1. The predicted octanol–water partition coefficient (Wildman–Crippen LogP) is 1.78. The zero-order valence-corrected chi connectivity index (χ0v) is 10.1. The van der Waals surface area contributed by atoms with Crippen LogP contribution in [0.1, 0.15) is 19.3 Å². The number of nitrogen functional groups attached to an aromatic ring is 1. The van der Waals surface area contributed by atoms with Crippen molar-refractivity contribution in [3.05, 3.63) is 12.1 Å². The summed E-state index contributed by atoms with van der Waals surface area (Å²) in [6.45, 7) is 1.24. The highest BCUT2D eigenvalue weighted by Gasteiger charge is 2.30. The number of ether oxygens (including phenoxy) is 2. The third-order valence-electron chi connectivity index (χ3n) is 3.13. The number of hydrogen-bond donors (Lipinski definition) is 2. The van der Waals surface area contributed by atoms with Gasteiger partial charge >= 0.3 is 0 Å². The van der Waals surface area contributed by atoms with Gasteiger partial charge in [-0.05, 0) is 12.8 Å². The number of carbonyl (C=O) groups is 1. The van der Waals surface area contributed by atoms with Crippen molar-refractivity contribution in [3.63, 3.8) is 0 Å². The molecule has 0 unspecified atom stereocenters. The molecule has 0 saturated heterocycles. The molecule has 5 heteroatoms. The van der Waals surface area contributed by atoms with E-state index >= 15 is 0 Å². The average molecular weight is 248 g/mol. The highest BCUT2D eigenvalue weighted by molar-refractivity contribution is 5.97. The van der Waals surface area contributed by atoms with Crippen molar-refractivity contribution in [2.45, 2.75) is 19.3 Å². The van der Waals surface area contributed by atoms with Crippen molar-refractivity contribution in [2.24, 2.45) is 5.92 Å². The summed E-state index contributed by atoms with van der Waals surface area (Å²) in [5, 5.41) is 2.84. The van der Waals surface area contributed by atoms with Crippen LogP contribution >= 0.6 is 0 Å². The van der Waals surface area contributed by atoms with E-state index in [0.717, 1.165) is 19.3 Å². The van der Waals surface area contributed by atoms with Crippen LogP contribution in [0.25, 0.3) is 0 Å². The Bertz CT molecular complexity index is 483. The van der Waals surface area contributed by atoms with E-state index in [9.17, 15) is 4.79 Å². The summed E-state index contributed by atoms with van der Waals surface area (Å²) < 4.78 is 11.1. The van der Waals surface area contributed by atoms with Gasteiger partial charge in [0.05, 0.1) is 24.6 Å². The number of carbonyl (C=O) groups excluding carboxylic acids is 1. The van der Waals surface area contributed by atoms with Crippen molar-refractivity contribution >= 4 is 17.3 Å². The van der Waals surface area contributed by atoms with Crippen LogP contribution in [-0.4, -0.2) is 19.1 Å². The Morgan fingerprint density at radius 1 is 1.22 bits per heavy atom. The van der Waals surface area contributed by atoms with Crippen molar-refractivity contribution in [2.75, 3.05) is 24.3 Å². The van der Waals surface area contributed by atoms with Gasteiger partial charge < -0.3 is 20.5 Å². The minimum absolute atomic E-state index is 0.0381. The average Bonchev–Trinajstić information content (AvgIpc) is 3.15. The van der Waals surface area contributed by atoms with E-state index in [-0.39, 0.29) is 11.8 Å². The topological polar surface area (TPSA) is 73.6 Å². The quantitative estimate of drug-likeness (QED) is 0.782. The first-order valence-electron chi connectivity index (χ1n) is 6.24. The summed E-state index contributed by atoms with van der Waals surface area (Å²) in [6, 6.07) is 3.46. The maximum Gasteiger partial charge on any atom is 0.227 e. The fourth-order valence-corrected chi connectivity index (χ4v) is 1.91.